The lowest BCUT2D eigenvalue weighted by Gasteiger charge is -2.13. The summed E-state index contributed by atoms with van der Waals surface area (Å²) in [5.41, 5.74) is 0.240. The van der Waals surface area contributed by atoms with Crippen LogP contribution in [0.1, 0.15) is 0 Å². The number of benzene rings is 1. The summed E-state index contributed by atoms with van der Waals surface area (Å²) in [6.45, 7) is 0. The van der Waals surface area contributed by atoms with Gasteiger partial charge in [0.15, 0.2) is 0 Å². The number of anilines is 1. The second-order valence-corrected chi connectivity index (χ2v) is 2.61. The van der Waals surface area contributed by atoms with E-state index in [1.165, 1.54) is 31.4 Å². The molecule has 0 atom stereocenters. The smallest absolute Gasteiger partial charge is 0.428 e. The van der Waals surface area contributed by atoms with E-state index < -0.39 is 11.0 Å². The first-order valence-corrected chi connectivity index (χ1v) is 3.93. The molecular formula is C8H9N3O4. The summed E-state index contributed by atoms with van der Waals surface area (Å²) in [6, 6.07) is 5.21. The van der Waals surface area contributed by atoms with Gasteiger partial charge in [0.25, 0.3) is 5.69 Å². The van der Waals surface area contributed by atoms with Crippen molar-refractivity contribution >= 4 is 17.5 Å². The van der Waals surface area contributed by atoms with Gasteiger partial charge in [0, 0.05) is 12.1 Å². The van der Waals surface area contributed by atoms with Crippen molar-refractivity contribution < 1.29 is 14.5 Å². The maximum atomic E-state index is 11.0. The summed E-state index contributed by atoms with van der Waals surface area (Å²) in [4.78, 5) is 20.8. The van der Waals surface area contributed by atoms with Crippen molar-refractivity contribution in [1.29, 1.82) is 0 Å². The number of non-ortho nitro benzene ring substituents is 1. The van der Waals surface area contributed by atoms with E-state index in [9.17, 15) is 14.9 Å². The molecule has 0 radical (unpaired) electrons. The SMILES string of the molecule is COC(=O)N(N)c1ccc([N+](=O)[O-])cc1. The third kappa shape index (κ3) is 2.41. The minimum Gasteiger partial charge on any atom is -0.452 e. The summed E-state index contributed by atoms with van der Waals surface area (Å²) in [5, 5.41) is 11.1. The van der Waals surface area contributed by atoms with Crippen LogP contribution < -0.4 is 10.9 Å². The van der Waals surface area contributed by atoms with Crippen LogP contribution in [0.4, 0.5) is 16.2 Å². The maximum Gasteiger partial charge on any atom is 0.428 e. The van der Waals surface area contributed by atoms with Crippen LogP contribution in [0.5, 0.6) is 0 Å². The van der Waals surface area contributed by atoms with Crippen LogP contribution >= 0.6 is 0 Å². The molecule has 7 nitrogen and oxygen atoms in total. The van der Waals surface area contributed by atoms with E-state index >= 15 is 0 Å². The fourth-order valence-electron chi connectivity index (χ4n) is 0.939. The fourth-order valence-corrected chi connectivity index (χ4v) is 0.939. The lowest BCUT2D eigenvalue weighted by molar-refractivity contribution is -0.384. The van der Waals surface area contributed by atoms with E-state index in [1.807, 2.05) is 0 Å². The summed E-state index contributed by atoms with van der Waals surface area (Å²) in [5.74, 6) is 5.36. The van der Waals surface area contributed by atoms with E-state index in [4.69, 9.17) is 5.84 Å². The molecule has 1 amide bonds. The van der Waals surface area contributed by atoms with Crippen molar-refractivity contribution in [3.63, 3.8) is 0 Å². The molecule has 0 saturated heterocycles. The number of hydrogen-bond acceptors (Lipinski definition) is 5. The molecule has 1 aromatic rings. The molecule has 0 spiro atoms. The monoisotopic (exact) mass is 211 g/mol. The standard InChI is InChI=1S/C8H9N3O4/c1-15-8(12)10(9)6-2-4-7(5-3-6)11(13)14/h2-5H,9H2,1H3. The van der Waals surface area contributed by atoms with E-state index in [0.29, 0.717) is 5.69 Å². The molecule has 0 aliphatic carbocycles. The van der Waals surface area contributed by atoms with Crippen LogP contribution in [0.25, 0.3) is 0 Å². The number of methoxy groups -OCH3 is 1. The van der Waals surface area contributed by atoms with Gasteiger partial charge in [0.2, 0.25) is 0 Å². The third-order valence-electron chi connectivity index (χ3n) is 1.71. The highest BCUT2D eigenvalue weighted by Crippen LogP contribution is 2.17. The Morgan fingerprint density at radius 2 is 2.00 bits per heavy atom. The predicted octanol–water partition coefficient (Wildman–Crippen LogP) is 1.04. The Balaban J connectivity index is 2.89. The Hall–Kier alpha value is -2.15. The molecule has 0 aromatic heterocycles. The summed E-state index contributed by atoms with van der Waals surface area (Å²) >= 11 is 0. The molecule has 0 saturated carbocycles. The topological polar surface area (TPSA) is 98.7 Å². The van der Waals surface area contributed by atoms with Gasteiger partial charge in [0.05, 0.1) is 17.7 Å². The van der Waals surface area contributed by atoms with Crippen LogP contribution in [-0.4, -0.2) is 18.1 Å². The number of carbonyl (C=O) groups is 1. The number of hydrazine groups is 1. The summed E-state index contributed by atoms with van der Waals surface area (Å²) in [6.07, 6.45) is -0.746. The molecule has 0 bridgehead atoms. The molecule has 80 valence electrons. The fraction of sp³-hybridized carbons (Fsp3) is 0.125. The highest BCUT2D eigenvalue weighted by molar-refractivity contribution is 5.86. The van der Waals surface area contributed by atoms with Gasteiger partial charge >= 0.3 is 6.09 Å². The molecule has 0 heterocycles. The second kappa shape index (κ2) is 4.38. The van der Waals surface area contributed by atoms with Gasteiger partial charge in [-0.2, -0.15) is 0 Å². The summed E-state index contributed by atoms with van der Waals surface area (Å²) < 4.78 is 4.37. The lowest BCUT2D eigenvalue weighted by Crippen LogP contribution is -2.37. The Morgan fingerprint density at radius 1 is 1.47 bits per heavy atom. The average Bonchev–Trinajstić information content (AvgIpc) is 2.27. The zero-order chi connectivity index (χ0) is 11.4. The molecular weight excluding hydrogens is 202 g/mol. The van der Waals surface area contributed by atoms with Crippen LogP contribution in [0, 0.1) is 10.1 Å². The van der Waals surface area contributed by atoms with Crippen molar-refractivity contribution in [1.82, 2.24) is 0 Å². The minimum absolute atomic E-state index is 0.0722. The van der Waals surface area contributed by atoms with Crippen LogP contribution in [0.2, 0.25) is 0 Å². The zero-order valence-electron chi connectivity index (χ0n) is 7.91. The summed E-state index contributed by atoms with van der Waals surface area (Å²) in [7, 11) is 1.19. The molecule has 0 fully saturated rings. The molecule has 0 aliphatic heterocycles. The van der Waals surface area contributed by atoms with Crippen molar-refractivity contribution in [3.05, 3.63) is 34.4 Å². The third-order valence-corrected chi connectivity index (χ3v) is 1.71. The highest BCUT2D eigenvalue weighted by Gasteiger charge is 2.12. The predicted molar refractivity (Wildman–Crippen MR) is 52.2 cm³/mol. The molecule has 1 rings (SSSR count). The number of ether oxygens (including phenoxy) is 1. The Kier molecular flexibility index (Phi) is 3.19. The van der Waals surface area contributed by atoms with E-state index in [2.05, 4.69) is 4.74 Å². The quantitative estimate of drug-likeness (QED) is 0.341. The van der Waals surface area contributed by atoms with Crippen molar-refractivity contribution in [3.8, 4) is 0 Å². The van der Waals surface area contributed by atoms with Crippen molar-refractivity contribution in [2.45, 2.75) is 0 Å². The number of nitrogens with zero attached hydrogens (tertiary/aromatic N) is 2. The Morgan fingerprint density at radius 3 is 2.40 bits per heavy atom. The van der Waals surface area contributed by atoms with Gasteiger partial charge in [-0.15, -0.1) is 0 Å². The van der Waals surface area contributed by atoms with Gasteiger partial charge in [-0.25, -0.2) is 15.6 Å². The number of nitro groups is 1. The molecule has 0 unspecified atom stereocenters. The van der Waals surface area contributed by atoms with Crippen LogP contribution in [0.3, 0.4) is 0 Å². The van der Waals surface area contributed by atoms with Gasteiger partial charge < -0.3 is 4.74 Å². The van der Waals surface area contributed by atoms with Crippen LogP contribution in [-0.2, 0) is 4.74 Å². The maximum absolute atomic E-state index is 11.0. The number of hydrogen-bond donors (Lipinski definition) is 1. The average molecular weight is 211 g/mol. The van der Waals surface area contributed by atoms with E-state index in [-0.39, 0.29) is 5.69 Å². The van der Waals surface area contributed by atoms with Crippen molar-refractivity contribution in [2.24, 2.45) is 5.84 Å². The molecule has 7 heteroatoms. The van der Waals surface area contributed by atoms with Gasteiger partial charge in [-0.1, -0.05) is 0 Å². The van der Waals surface area contributed by atoms with Crippen LogP contribution in [0.15, 0.2) is 24.3 Å². The van der Waals surface area contributed by atoms with Crippen molar-refractivity contribution in [2.75, 3.05) is 12.1 Å². The second-order valence-electron chi connectivity index (χ2n) is 2.61. The number of rotatable bonds is 2. The van der Waals surface area contributed by atoms with Gasteiger partial charge in [-0.05, 0) is 12.1 Å². The first-order chi connectivity index (χ1) is 7.06. The largest absolute Gasteiger partial charge is 0.452 e. The lowest BCUT2D eigenvalue weighted by atomic mass is 10.3. The Bertz CT molecular complexity index is 376. The molecule has 15 heavy (non-hydrogen) atoms. The Labute approximate surface area is 85.2 Å². The normalized spacial score (nSPS) is 9.47. The first-order valence-electron chi connectivity index (χ1n) is 3.93. The number of amides is 1. The number of nitro benzene ring substituents is 1. The number of nitrogens with two attached hydrogens (primary N) is 1. The first kappa shape index (κ1) is 10.9. The zero-order valence-corrected chi connectivity index (χ0v) is 7.91. The van der Waals surface area contributed by atoms with Gasteiger partial charge in [-0.3, -0.25) is 10.1 Å². The molecule has 2 N–H and O–H groups in total. The minimum atomic E-state index is -0.746. The number of carbonyl (C=O) groups excluding carboxylic acids is 1. The molecule has 1 aromatic carbocycles. The highest BCUT2D eigenvalue weighted by atomic mass is 16.6. The van der Waals surface area contributed by atoms with E-state index in [0.717, 1.165) is 5.01 Å². The van der Waals surface area contributed by atoms with Gasteiger partial charge in [0.1, 0.15) is 0 Å². The van der Waals surface area contributed by atoms with E-state index in [1.54, 1.807) is 0 Å². The molecule has 0 aliphatic rings.